The quantitative estimate of drug-likeness (QED) is 0.720. The van der Waals surface area contributed by atoms with Crippen LogP contribution in [0.5, 0.6) is 0 Å². The number of aromatic amines is 1. The van der Waals surface area contributed by atoms with Gasteiger partial charge in [0.05, 0.1) is 6.61 Å². The minimum absolute atomic E-state index is 0.0681. The Kier molecular flexibility index (Phi) is 2.76. The number of fused-ring (bicyclic) bond motifs is 1. The number of aryl methyl sites for hydroxylation is 1. The van der Waals surface area contributed by atoms with Crippen molar-refractivity contribution >= 4 is 11.2 Å². The van der Waals surface area contributed by atoms with Crippen molar-refractivity contribution in [3.8, 4) is 0 Å². The molecule has 0 saturated carbocycles. The Morgan fingerprint density at radius 1 is 1.37 bits per heavy atom. The van der Waals surface area contributed by atoms with Gasteiger partial charge in [-0.05, 0) is 0 Å². The predicted molar refractivity (Wildman–Crippen MR) is 65.7 cm³/mol. The highest BCUT2D eigenvalue weighted by atomic mass is 17.2. The third-order valence-electron chi connectivity index (χ3n) is 3.29. The van der Waals surface area contributed by atoms with Gasteiger partial charge in [0.2, 0.25) is 0 Å². The van der Waals surface area contributed by atoms with Gasteiger partial charge in [-0.15, -0.1) is 0 Å². The standard InChI is InChI=1S/C11H14N4O4/c1-14-9-8(10(16)15(2)11(14)17)12-7(13-9)5-6-3-4-18-19-6/h6H,3-5H2,1-2H3,(H,12,13). The fraction of sp³-hybridized carbons (Fsp3) is 0.545. The molecule has 1 aliphatic heterocycles. The number of nitrogens with one attached hydrogen (secondary N) is 1. The summed E-state index contributed by atoms with van der Waals surface area (Å²) in [4.78, 5) is 40.9. The summed E-state index contributed by atoms with van der Waals surface area (Å²) in [6, 6.07) is 0. The first-order chi connectivity index (χ1) is 9.08. The summed E-state index contributed by atoms with van der Waals surface area (Å²) in [7, 11) is 3.03. The van der Waals surface area contributed by atoms with Crippen LogP contribution < -0.4 is 11.2 Å². The number of rotatable bonds is 2. The third-order valence-corrected chi connectivity index (χ3v) is 3.29. The van der Waals surface area contributed by atoms with Crippen molar-refractivity contribution in [2.75, 3.05) is 6.61 Å². The summed E-state index contributed by atoms with van der Waals surface area (Å²) in [5.74, 6) is 0.615. The topological polar surface area (TPSA) is 91.1 Å². The van der Waals surface area contributed by atoms with Crippen LogP contribution in [0.2, 0.25) is 0 Å². The summed E-state index contributed by atoms with van der Waals surface area (Å²) in [6.45, 7) is 0.561. The number of aromatic nitrogens is 4. The molecule has 3 heterocycles. The van der Waals surface area contributed by atoms with Crippen molar-refractivity contribution < 1.29 is 9.78 Å². The van der Waals surface area contributed by atoms with E-state index in [2.05, 4.69) is 9.97 Å². The van der Waals surface area contributed by atoms with E-state index in [0.717, 1.165) is 11.0 Å². The Morgan fingerprint density at radius 2 is 2.16 bits per heavy atom. The molecular formula is C11H14N4O4. The zero-order valence-electron chi connectivity index (χ0n) is 10.7. The lowest BCUT2D eigenvalue weighted by Crippen LogP contribution is -2.36. The Bertz CT molecular complexity index is 735. The minimum Gasteiger partial charge on any atom is -0.336 e. The number of imidazole rings is 1. The average molecular weight is 266 g/mol. The molecular weight excluding hydrogens is 252 g/mol. The van der Waals surface area contributed by atoms with E-state index in [9.17, 15) is 9.59 Å². The van der Waals surface area contributed by atoms with Crippen molar-refractivity contribution in [1.82, 2.24) is 19.1 Å². The van der Waals surface area contributed by atoms with Gasteiger partial charge in [-0.2, -0.15) is 0 Å². The Hall–Kier alpha value is -1.93. The SMILES string of the molecule is Cn1c(=O)c2[nH]c(CC3CCOO3)nc2n(C)c1=O. The van der Waals surface area contributed by atoms with Crippen LogP contribution in [0.15, 0.2) is 9.59 Å². The molecule has 1 atom stereocenters. The molecule has 1 unspecified atom stereocenters. The summed E-state index contributed by atoms with van der Waals surface area (Å²) >= 11 is 0. The lowest BCUT2D eigenvalue weighted by Gasteiger charge is -2.02. The zero-order chi connectivity index (χ0) is 13.6. The highest BCUT2D eigenvalue weighted by Crippen LogP contribution is 2.14. The van der Waals surface area contributed by atoms with Crippen molar-refractivity contribution in [3.63, 3.8) is 0 Å². The molecule has 2 aromatic rings. The smallest absolute Gasteiger partial charge is 0.332 e. The van der Waals surface area contributed by atoms with Crippen LogP contribution in [-0.4, -0.2) is 31.8 Å². The Balaban J connectivity index is 2.10. The summed E-state index contributed by atoms with van der Waals surface area (Å²) in [5, 5.41) is 0. The lowest BCUT2D eigenvalue weighted by molar-refractivity contribution is -0.274. The second kappa shape index (κ2) is 4.32. The van der Waals surface area contributed by atoms with E-state index in [1.807, 2.05) is 0 Å². The van der Waals surface area contributed by atoms with Gasteiger partial charge < -0.3 is 4.98 Å². The summed E-state index contributed by atoms with van der Waals surface area (Å²) in [5.41, 5.74) is -0.0722. The van der Waals surface area contributed by atoms with Gasteiger partial charge in [-0.1, -0.05) is 0 Å². The van der Waals surface area contributed by atoms with Crippen LogP contribution in [0, 0.1) is 0 Å². The summed E-state index contributed by atoms with van der Waals surface area (Å²) in [6.07, 6.45) is 1.24. The van der Waals surface area contributed by atoms with Crippen molar-refractivity contribution in [3.05, 3.63) is 26.7 Å². The van der Waals surface area contributed by atoms with Crippen LogP contribution in [0.4, 0.5) is 0 Å². The summed E-state index contributed by atoms with van der Waals surface area (Å²) < 4.78 is 2.40. The second-order valence-corrected chi connectivity index (χ2v) is 4.62. The van der Waals surface area contributed by atoms with Crippen molar-refractivity contribution in [2.45, 2.75) is 18.9 Å². The van der Waals surface area contributed by atoms with E-state index in [1.54, 1.807) is 7.05 Å². The van der Waals surface area contributed by atoms with Gasteiger partial charge in [0.1, 0.15) is 17.4 Å². The molecule has 0 bridgehead atoms. The molecule has 1 aliphatic rings. The molecule has 0 spiro atoms. The molecule has 3 rings (SSSR count). The van der Waals surface area contributed by atoms with E-state index < -0.39 is 5.69 Å². The van der Waals surface area contributed by atoms with Crippen LogP contribution >= 0.6 is 0 Å². The molecule has 102 valence electrons. The first kappa shape index (κ1) is 12.1. The maximum Gasteiger partial charge on any atom is 0.332 e. The average Bonchev–Trinajstić information content (AvgIpc) is 3.04. The molecule has 1 saturated heterocycles. The normalized spacial score (nSPS) is 19.4. The van der Waals surface area contributed by atoms with Gasteiger partial charge in [-0.25, -0.2) is 19.6 Å². The van der Waals surface area contributed by atoms with Crippen LogP contribution in [0.3, 0.4) is 0 Å². The van der Waals surface area contributed by atoms with E-state index in [4.69, 9.17) is 9.78 Å². The molecule has 19 heavy (non-hydrogen) atoms. The fourth-order valence-electron chi connectivity index (χ4n) is 2.19. The van der Waals surface area contributed by atoms with E-state index in [1.165, 1.54) is 11.6 Å². The molecule has 2 aromatic heterocycles. The molecule has 0 aliphatic carbocycles. The molecule has 8 nitrogen and oxygen atoms in total. The number of hydrogen-bond acceptors (Lipinski definition) is 5. The maximum absolute atomic E-state index is 12.0. The minimum atomic E-state index is -0.393. The number of H-pyrrole nitrogens is 1. The van der Waals surface area contributed by atoms with Gasteiger partial charge in [-0.3, -0.25) is 13.9 Å². The van der Waals surface area contributed by atoms with Gasteiger partial charge in [0, 0.05) is 26.9 Å². The third kappa shape index (κ3) is 1.89. The van der Waals surface area contributed by atoms with E-state index in [-0.39, 0.29) is 11.7 Å². The highest BCUT2D eigenvalue weighted by molar-refractivity contribution is 5.69. The molecule has 0 radical (unpaired) electrons. The van der Waals surface area contributed by atoms with Crippen LogP contribution in [-0.2, 0) is 30.3 Å². The van der Waals surface area contributed by atoms with Crippen molar-refractivity contribution in [1.29, 1.82) is 0 Å². The predicted octanol–water partition coefficient (Wildman–Crippen LogP) is -0.777. The molecule has 1 fully saturated rings. The number of nitrogens with zero attached hydrogens (tertiary/aromatic N) is 3. The number of hydrogen-bond donors (Lipinski definition) is 1. The van der Waals surface area contributed by atoms with Crippen LogP contribution in [0.25, 0.3) is 11.2 Å². The highest BCUT2D eigenvalue weighted by Gasteiger charge is 2.21. The molecule has 0 amide bonds. The maximum atomic E-state index is 12.0. The van der Waals surface area contributed by atoms with E-state index >= 15 is 0 Å². The first-order valence-electron chi connectivity index (χ1n) is 6.01. The zero-order valence-corrected chi connectivity index (χ0v) is 10.7. The fourth-order valence-corrected chi connectivity index (χ4v) is 2.19. The van der Waals surface area contributed by atoms with Crippen molar-refractivity contribution in [2.24, 2.45) is 14.1 Å². The van der Waals surface area contributed by atoms with Gasteiger partial charge in [0.15, 0.2) is 5.65 Å². The monoisotopic (exact) mass is 266 g/mol. The van der Waals surface area contributed by atoms with Gasteiger partial charge in [0.25, 0.3) is 5.56 Å². The molecule has 1 N–H and O–H groups in total. The second-order valence-electron chi connectivity index (χ2n) is 4.62. The first-order valence-corrected chi connectivity index (χ1v) is 6.01. The Morgan fingerprint density at radius 3 is 2.84 bits per heavy atom. The molecule has 0 aromatic carbocycles. The Labute approximate surface area is 107 Å². The molecule has 8 heteroatoms. The van der Waals surface area contributed by atoms with Crippen LogP contribution in [0.1, 0.15) is 12.2 Å². The lowest BCUT2D eigenvalue weighted by atomic mass is 10.2. The van der Waals surface area contributed by atoms with Gasteiger partial charge >= 0.3 is 5.69 Å². The van der Waals surface area contributed by atoms with E-state index in [0.29, 0.717) is 30.0 Å². The largest absolute Gasteiger partial charge is 0.336 e.